The number of carboxylic acid groups (broad SMARTS) is 1. The molecular weight excluding hydrogens is 208 g/mol. The van der Waals surface area contributed by atoms with Crippen LogP contribution >= 0.6 is 0 Å². The number of hydrogen-bond acceptors (Lipinski definition) is 3. The smallest absolute Gasteiger partial charge is 0.320 e. The summed E-state index contributed by atoms with van der Waals surface area (Å²) in [5.41, 5.74) is 0. The van der Waals surface area contributed by atoms with Crippen LogP contribution in [0.3, 0.4) is 0 Å². The molecule has 0 saturated carbocycles. The quantitative estimate of drug-likeness (QED) is 0.736. The van der Waals surface area contributed by atoms with Crippen LogP contribution in [0.4, 0.5) is 0 Å². The van der Waals surface area contributed by atoms with Crippen LogP contribution in [0.2, 0.25) is 0 Å². The van der Waals surface area contributed by atoms with Crippen LogP contribution in [0, 0.1) is 0 Å². The van der Waals surface area contributed by atoms with Gasteiger partial charge in [-0.3, -0.25) is 14.5 Å². The number of carbonyl (C=O) groups excluding carboxylic acids is 1. The molecular formula is C11H20N2O3. The Morgan fingerprint density at radius 1 is 1.38 bits per heavy atom. The number of carbonyl (C=O) groups is 2. The van der Waals surface area contributed by atoms with E-state index in [4.69, 9.17) is 5.11 Å². The maximum absolute atomic E-state index is 11.5. The number of amides is 1. The van der Waals surface area contributed by atoms with Gasteiger partial charge in [0.25, 0.3) is 0 Å². The van der Waals surface area contributed by atoms with Gasteiger partial charge in [0.1, 0.15) is 6.04 Å². The van der Waals surface area contributed by atoms with Crippen molar-refractivity contribution in [3.05, 3.63) is 0 Å². The third kappa shape index (κ3) is 2.95. The van der Waals surface area contributed by atoms with Crippen molar-refractivity contribution in [1.29, 1.82) is 0 Å². The number of likely N-dealkylation sites (N-methyl/N-ethyl adjacent to an activating group) is 1. The van der Waals surface area contributed by atoms with E-state index in [2.05, 4.69) is 5.32 Å². The van der Waals surface area contributed by atoms with Gasteiger partial charge in [-0.15, -0.1) is 0 Å². The van der Waals surface area contributed by atoms with Gasteiger partial charge in [0.05, 0.1) is 6.04 Å². The summed E-state index contributed by atoms with van der Waals surface area (Å²) in [5, 5.41) is 11.7. The van der Waals surface area contributed by atoms with Gasteiger partial charge in [-0.05, 0) is 26.3 Å². The molecule has 16 heavy (non-hydrogen) atoms. The molecule has 0 radical (unpaired) electrons. The van der Waals surface area contributed by atoms with Crippen LogP contribution in [-0.2, 0) is 9.59 Å². The minimum Gasteiger partial charge on any atom is -0.480 e. The fraction of sp³-hybridized carbons (Fsp3) is 0.818. The molecule has 1 aliphatic heterocycles. The molecule has 0 bridgehead atoms. The van der Waals surface area contributed by atoms with Gasteiger partial charge in [0.2, 0.25) is 5.91 Å². The van der Waals surface area contributed by atoms with E-state index in [1.54, 1.807) is 18.9 Å². The summed E-state index contributed by atoms with van der Waals surface area (Å²) in [5.74, 6) is -0.939. The Morgan fingerprint density at radius 2 is 2.06 bits per heavy atom. The molecule has 1 aliphatic rings. The first kappa shape index (κ1) is 13.0. The molecule has 1 rings (SSSR count). The second-order valence-electron chi connectivity index (χ2n) is 4.23. The molecule has 5 heteroatoms. The van der Waals surface area contributed by atoms with Crippen molar-refractivity contribution in [2.75, 3.05) is 13.6 Å². The largest absolute Gasteiger partial charge is 0.480 e. The van der Waals surface area contributed by atoms with Crippen molar-refractivity contribution in [3.8, 4) is 0 Å². The molecule has 92 valence electrons. The van der Waals surface area contributed by atoms with E-state index in [0.29, 0.717) is 13.0 Å². The number of likely N-dealkylation sites (tertiary alicyclic amines) is 1. The Labute approximate surface area is 95.8 Å². The van der Waals surface area contributed by atoms with Crippen LogP contribution in [-0.4, -0.2) is 47.6 Å². The minimum atomic E-state index is -0.822. The maximum atomic E-state index is 11.5. The molecule has 1 saturated heterocycles. The monoisotopic (exact) mass is 228 g/mol. The highest BCUT2D eigenvalue weighted by Gasteiger charge is 2.32. The van der Waals surface area contributed by atoms with Crippen LogP contribution in [0.1, 0.15) is 32.6 Å². The van der Waals surface area contributed by atoms with Crippen molar-refractivity contribution in [1.82, 2.24) is 10.2 Å². The van der Waals surface area contributed by atoms with Crippen molar-refractivity contribution in [2.24, 2.45) is 0 Å². The lowest BCUT2D eigenvalue weighted by Gasteiger charge is -2.31. The minimum absolute atomic E-state index is 0.117. The molecule has 1 fully saturated rings. The molecule has 2 N–H and O–H groups in total. The molecule has 0 aromatic carbocycles. The second kappa shape index (κ2) is 5.84. The number of nitrogens with one attached hydrogen (secondary N) is 1. The summed E-state index contributed by atoms with van der Waals surface area (Å²) >= 11 is 0. The van der Waals surface area contributed by atoms with E-state index in [0.717, 1.165) is 19.3 Å². The molecule has 0 aromatic rings. The van der Waals surface area contributed by atoms with Gasteiger partial charge >= 0.3 is 5.97 Å². The Kier molecular flexibility index (Phi) is 4.73. The molecule has 2 atom stereocenters. The third-order valence-corrected chi connectivity index (χ3v) is 3.20. The van der Waals surface area contributed by atoms with Crippen molar-refractivity contribution in [2.45, 2.75) is 44.7 Å². The van der Waals surface area contributed by atoms with Crippen LogP contribution in [0.25, 0.3) is 0 Å². The van der Waals surface area contributed by atoms with Crippen molar-refractivity contribution >= 4 is 11.9 Å². The van der Waals surface area contributed by atoms with Crippen molar-refractivity contribution in [3.63, 3.8) is 0 Å². The van der Waals surface area contributed by atoms with Gasteiger partial charge in [0, 0.05) is 7.05 Å². The third-order valence-electron chi connectivity index (χ3n) is 3.20. The standard InChI is InChI=1S/C11H20N2O3/c1-8(10(14)12-2)13-7-5-3-4-6-9(13)11(15)16/h8-9H,3-7H2,1-2H3,(H,12,14)(H,15,16). The summed E-state index contributed by atoms with van der Waals surface area (Å²) in [4.78, 5) is 24.5. The summed E-state index contributed by atoms with van der Waals surface area (Å²) in [6.45, 7) is 2.45. The zero-order valence-electron chi connectivity index (χ0n) is 9.90. The summed E-state index contributed by atoms with van der Waals surface area (Å²) in [6, 6.07) is -0.890. The number of nitrogens with zero attached hydrogens (tertiary/aromatic N) is 1. The highest BCUT2D eigenvalue weighted by Crippen LogP contribution is 2.19. The lowest BCUT2D eigenvalue weighted by molar-refractivity contribution is -0.145. The van der Waals surface area contributed by atoms with Crippen molar-refractivity contribution < 1.29 is 14.7 Å². The van der Waals surface area contributed by atoms with E-state index < -0.39 is 12.0 Å². The molecule has 0 spiro atoms. The zero-order chi connectivity index (χ0) is 12.1. The SMILES string of the molecule is CNC(=O)C(C)N1CCCCCC1C(=O)O. The van der Waals surface area contributed by atoms with E-state index >= 15 is 0 Å². The van der Waals surface area contributed by atoms with E-state index in [9.17, 15) is 9.59 Å². The molecule has 1 heterocycles. The van der Waals surface area contributed by atoms with Crippen LogP contribution < -0.4 is 5.32 Å². The Balaban J connectivity index is 2.78. The Bertz CT molecular complexity index is 268. The van der Waals surface area contributed by atoms with Crippen LogP contribution in [0.5, 0.6) is 0 Å². The zero-order valence-corrected chi connectivity index (χ0v) is 9.90. The van der Waals surface area contributed by atoms with Gasteiger partial charge < -0.3 is 10.4 Å². The van der Waals surface area contributed by atoms with Gasteiger partial charge in [-0.1, -0.05) is 12.8 Å². The number of aliphatic carboxylic acids is 1. The van der Waals surface area contributed by atoms with E-state index in [1.165, 1.54) is 0 Å². The average molecular weight is 228 g/mol. The van der Waals surface area contributed by atoms with Gasteiger partial charge in [0.15, 0.2) is 0 Å². The highest BCUT2D eigenvalue weighted by molar-refractivity contribution is 5.82. The number of hydrogen-bond donors (Lipinski definition) is 2. The fourth-order valence-electron chi connectivity index (χ4n) is 2.22. The predicted octanol–water partition coefficient (Wildman–Crippen LogP) is 0.450. The Hall–Kier alpha value is -1.10. The summed E-state index contributed by atoms with van der Waals surface area (Å²) < 4.78 is 0. The highest BCUT2D eigenvalue weighted by atomic mass is 16.4. The first-order chi connectivity index (χ1) is 7.57. The lowest BCUT2D eigenvalue weighted by atomic mass is 10.1. The molecule has 2 unspecified atom stereocenters. The molecule has 5 nitrogen and oxygen atoms in total. The Morgan fingerprint density at radius 3 is 2.62 bits per heavy atom. The topological polar surface area (TPSA) is 69.6 Å². The predicted molar refractivity (Wildman–Crippen MR) is 60.1 cm³/mol. The van der Waals surface area contributed by atoms with Crippen LogP contribution in [0.15, 0.2) is 0 Å². The van der Waals surface area contributed by atoms with Gasteiger partial charge in [-0.25, -0.2) is 0 Å². The number of rotatable bonds is 3. The second-order valence-corrected chi connectivity index (χ2v) is 4.23. The first-order valence-corrected chi connectivity index (χ1v) is 5.78. The number of carboxylic acids is 1. The maximum Gasteiger partial charge on any atom is 0.320 e. The normalized spacial score (nSPS) is 24.5. The van der Waals surface area contributed by atoms with E-state index in [-0.39, 0.29) is 11.9 Å². The fourth-order valence-corrected chi connectivity index (χ4v) is 2.22. The molecule has 0 aromatic heterocycles. The lowest BCUT2D eigenvalue weighted by Crippen LogP contribution is -2.51. The molecule has 1 amide bonds. The summed E-state index contributed by atoms with van der Waals surface area (Å²) in [6.07, 6.45) is 3.57. The van der Waals surface area contributed by atoms with Gasteiger partial charge in [-0.2, -0.15) is 0 Å². The molecule has 0 aliphatic carbocycles. The summed E-state index contributed by atoms with van der Waals surface area (Å²) in [7, 11) is 1.58. The average Bonchev–Trinajstić information content (AvgIpc) is 2.52. The first-order valence-electron chi connectivity index (χ1n) is 5.78. The van der Waals surface area contributed by atoms with E-state index in [1.807, 2.05) is 0 Å².